The highest BCUT2D eigenvalue weighted by atomic mass is 35.5. The summed E-state index contributed by atoms with van der Waals surface area (Å²) in [5.74, 6) is -0.803. The van der Waals surface area contributed by atoms with Crippen LogP contribution in [0.3, 0.4) is 0 Å². The number of fused-ring (bicyclic) bond motifs is 1. The Hall–Kier alpha value is -1.55. The molecule has 18 heavy (non-hydrogen) atoms. The first kappa shape index (κ1) is 12.9. The average Bonchev–Trinajstić information content (AvgIpc) is 2.53. The zero-order chi connectivity index (χ0) is 13.5. The first-order valence-electron chi connectivity index (χ1n) is 5.66. The van der Waals surface area contributed by atoms with Crippen molar-refractivity contribution < 1.29 is 9.90 Å². The third-order valence-electron chi connectivity index (χ3n) is 3.18. The topological polar surface area (TPSA) is 55.1 Å². The summed E-state index contributed by atoms with van der Waals surface area (Å²) in [5.41, 5.74) is 1.46. The largest absolute Gasteiger partial charge is 0.481 e. The summed E-state index contributed by atoms with van der Waals surface area (Å²) in [6.07, 6.45) is 0.0874. The lowest BCUT2D eigenvalue weighted by Crippen LogP contribution is -2.21. The van der Waals surface area contributed by atoms with E-state index in [0.29, 0.717) is 5.15 Å². The van der Waals surface area contributed by atoms with Gasteiger partial charge in [-0.1, -0.05) is 31.5 Å². The highest BCUT2D eigenvalue weighted by molar-refractivity contribution is 6.34. The van der Waals surface area contributed by atoms with Gasteiger partial charge in [-0.3, -0.25) is 9.48 Å². The minimum atomic E-state index is -0.803. The molecule has 1 N–H and O–H groups in total. The number of hydrogen-bond acceptors (Lipinski definition) is 2. The van der Waals surface area contributed by atoms with Gasteiger partial charge in [0.2, 0.25) is 0 Å². The Labute approximate surface area is 110 Å². The number of carboxylic acids is 1. The van der Waals surface area contributed by atoms with Gasteiger partial charge < -0.3 is 5.11 Å². The van der Waals surface area contributed by atoms with E-state index in [9.17, 15) is 4.79 Å². The Balaban J connectivity index is 2.53. The zero-order valence-electron chi connectivity index (χ0n) is 10.6. The number of carboxylic acid groups (broad SMARTS) is 1. The molecule has 1 aromatic heterocycles. The molecule has 0 aliphatic carbocycles. The van der Waals surface area contributed by atoms with Crippen molar-refractivity contribution >= 4 is 28.5 Å². The highest BCUT2D eigenvalue weighted by Crippen LogP contribution is 2.31. The second-order valence-corrected chi connectivity index (χ2v) is 5.46. The molecule has 0 saturated heterocycles. The molecule has 2 aromatic rings. The molecule has 0 saturated carbocycles. The second-order valence-electron chi connectivity index (χ2n) is 5.10. The summed E-state index contributed by atoms with van der Waals surface area (Å²) in [6.45, 7) is 3.83. The van der Waals surface area contributed by atoms with Gasteiger partial charge in [-0.15, -0.1) is 0 Å². The van der Waals surface area contributed by atoms with E-state index in [4.69, 9.17) is 16.7 Å². The van der Waals surface area contributed by atoms with E-state index in [0.717, 1.165) is 16.5 Å². The zero-order valence-corrected chi connectivity index (χ0v) is 11.3. The monoisotopic (exact) mass is 266 g/mol. The second kappa shape index (κ2) is 4.28. The summed E-state index contributed by atoms with van der Waals surface area (Å²) < 4.78 is 1.71. The normalized spacial score (nSPS) is 12.0. The molecule has 96 valence electrons. The van der Waals surface area contributed by atoms with Gasteiger partial charge in [0, 0.05) is 17.8 Å². The number of halogens is 1. The Bertz CT molecular complexity index is 617. The molecular weight excluding hydrogens is 252 g/mol. The molecule has 2 rings (SSSR count). The number of carbonyl (C=O) groups is 1. The van der Waals surface area contributed by atoms with Crippen LogP contribution >= 0.6 is 11.6 Å². The fourth-order valence-corrected chi connectivity index (χ4v) is 2.39. The number of hydrogen-bond donors (Lipinski definition) is 1. The van der Waals surface area contributed by atoms with E-state index in [1.54, 1.807) is 4.68 Å². The molecule has 0 amide bonds. The van der Waals surface area contributed by atoms with Crippen molar-refractivity contribution in [2.75, 3.05) is 0 Å². The minimum absolute atomic E-state index is 0.0874. The van der Waals surface area contributed by atoms with Crippen LogP contribution in [0.4, 0.5) is 0 Å². The number of nitrogens with zero attached hydrogens (tertiary/aromatic N) is 2. The van der Waals surface area contributed by atoms with Crippen LogP contribution in [-0.4, -0.2) is 20.9 Å². The van der Waals surface area contributed by atoms with Gasteiger partial charge in [0.15, 0.2) is 5.15 Å². The molecule has 0 aliphatic rings. The summed E-state index contributed by atoms with van der Waals surface area (Å²) >= 11 is 6.00. The SMILES string of the molecule is Cn1nc(Cl)c2ccc(C(C)(C)CC(=O)O)cc21. The van der Waals surface area contributed by atoms with E-state index in [-0.39, 0.29) is 6.42 Å². The standard InChI is InChI=1S/C13H15ClN2O2/c1-13(2,7-11(17)18)8-4-5-9-10(6-8)16(3)15-12(9)14/h4-6H,7H2,1-3H3,(H,17,18). The summed E-state index contributed by atoms with van der Waals surface area (Å²) in [7, 11) is 1.82. The van der Waals surface area contributed by atoms with Gasteiger partial charge in [0.1, 0.15) is 0 Å². The maximum Gasteiger partial charge on any atom is 0.304 e. The van der Waals surface area contributed by atoms with Crippen LogP contribution in [0, 0.1) is 0 Å². The van der Waals surface area contributed by atoms with Crippen LogP contribution in [0.1, 0.15) is 25.8 Å². The van der Waals surface area contributed by atoms with Crippen LogP contribution in [0.25, 0.3) is 10.9 Å². The molecule has 5 heteroatoms. The van der Waals surface area contributed by atoms with Crippen molar-refractivity contribution in [3.8, 4) is 0 Å². The van der Waals surface area contributed by atoms with Crippen molar-refractivity contribution in [3.63, 3.8) is 0 Å². The lowest BCUT2D eigenvalue weighted by molar-refractivity contribution is -0.138. The fraction of sp³-hybridized carbons (Fsp3) is 0.385. The molecular formula is C13H15ClN2O2. The van der Waals surface area contributed by atoms with E-state index in [1.807, 2.05) is 39.1 Å². The van der Waals surface area contributed by atoms with Crippen molar-refractivity contribution in [1.82, 2.24) is 9.78 Å². The number of aliphatic carboxylic acids is 1. The van der Waals surface area contributed by atoms with Crippen LogP contribution in [0.5, 0.6) is 0 Å². The van der Waals surface area contributed by atoms with Gasteiger partial charge in [0.05, 0.1) is 11.9 Å². The first-order chi connectivity index (χ1) is 8.31. The molecule has 0 aliphatic heterocycles. The van der Waals surface area contributed by atoms with Crippen molar-refractivity contribution in [2.24, 2.45) is 7.05 Å². The van der Waals surface area contributed by atoms with E-state index >= 15 is 0 Å². The van der Waals surface area contributed by atoms with E-state index in [1.165, 1.54) is 0 Å². The van der Waals surface area contributed by atoms with Gasteiger partial charge >= 0.3 is 5.97 Å². The van der Waals surface area contributed by atoms with E-state index in [2.05, 4.69) is 5.10 Å². The maximum atomic E-state index is 10.9. The molecule has 0 atom stereocenters. The first-order valence-corrected chi connectivity index (χ1v) is 6.03. The third-order valence-corrected chi connectivity index (χ3v) is 3.46. The van der Waals surface area contributed by atoms with Crippen molar-refractivity contribution in [1.29, 1.82) is 0 Å². The summed E-state index contributed by atoms with van der Waals surface area (Å²) in [6, 6.07) is 5.76. The molecule has 0 radical (unpaired) electrons. The molecule has 0 spiro atoms. The molecule has 1 aromatic carbocycles. The van der Waals surface area contributed by atoms with Crippen LogP contribution in [-0.2, 0) is 17.3 Å². The minimum Gasteiger partial charge on any atom is -0.481 e. The van der Waals surface area contributed by atoms with Crippen LogP contribution in [0.2, 0.25) is 5.15 Å². The Morgan fingerprint density at radius 2 is 2.17 bits per heavy atom. The van der Waals surface area contributed by atoms with Crippen LogP contribution < -0.4 is 0 Å². The number of benzene rings is 1. The predicted molar refractivity (Wildman–Crippen MR) is 71.0 cm³/mol. The van der Waals surface area contributed by atoms with Crippen molar-refractivity contribution in [2.45, 2.75) is 25.7 Å². The number of aromatic nitrogens is 2. The Morgan fingerprint density at radius 1 is 1.50 bits per heavy atom. The Kier molecular flexibility index (Phi) is 3.07. The average molecular weight is 267 g/mol. The van der Waals surface area contributed by atoms with Crippen LogP contribution in [0.15, 0.2) is 18.2 Å². The van der Waals surface area contributed by atoms with Gasteiger partial charge in [-0.2, -0.15) is 5.10 Å². The lowest BCUT2D eigenvalue weighted by Gasteiger charge is -2.23. The highest BCUT2D eigenvalue weighted by Gasteiger charge is 2.25. The maximum absolute atomic E-state index is 10.9. The van der Waals surface area contributed by atoms with Gasteiger partial charge in [-0.25, -0.2) is 0 Å². The molecule has 1 heterocycles. The predicted octanol–water partition coefficient (Wildman–Crippen LogP) is 2.98. The van der Waals surface area contributed by atoms with Crippen molar-refractivity contribution in [3.05, 3.63) is 28.9 Å². The molecule has 4 nitrogen and oxygen atoms in total. The quantitative estimate of drug-likeness (QED) is 0.929. The number of rotatable bonds is 3. The van der Waals surface area contributed by atoms with Gasteiger partial charge in [-0.05, 0) is 17.7 Å². The molecule has 0 fully saturated rings. The smallest absolute Gasteiger partial charge is 0.304 e. The van der Waals surface area contributed by atoms with E-state index < -0.39 is 11.4 Å². The summed E-state index contributed by atoms with van der Waals surface area (Å²) in [5, 5.41) is 14.4. The molecule has 0 unspecified atom stereocenters. The Morgan fingerprint density at radius 3 is 2.78 bits per heavy atom. The molecule has 0 bridgehead atoms. The lowest BCUT2D eigenvalue weighted by atomic mass is 9.81. The third kappa shape index (κ3) is 2.20. The number of aryl methyl sites for hydroxylation is 1. The fourth-order valence-electron chi connectivity index (χ4n) is 2.11. The van der Waals surface area contributed by atoms with Gasteiger partial charge in [0.25, 0.3) is 0 Å². The summed E-state index contributed by atoms with van der Waals surface area (Å²) in [4.78, 5) is 10.9.